The van der Waals surface area contributed by atoms with Crippen molar-refractivity contribution in [1.82, 2.24) is 5.32 Å². The Labute approximate surface area is 107 Å². The van der Waals surface area contributed by atoms with E-state index in [2.05, 4.69) is 23.2 Å². The third kappa shape index (κ3) is 3.09. The molecule has 1 N–H and O–H groups in total. The van der Waals surface area contributed by atoms with Gasteiger partial charge in [-0.1, -0.05) is 0 Å². The average Bonchev–Trinajstić information content (AvgIpc) is 2.29. The number of halogens is 2. The van der Waals surface area contributed by atoms with E-state index in [9.17, 15) is 4.39 Å². The highest BCUT2D eigenvalue weighted by Gasteiger charge is 2.18. The van der Waals surface area contributed by atoms with Crippen LogP contribution in [0.25, 0.3) is 0 Å². The highest BCUT2D eigenvalue weighted by Crippen LogP contribution is 2.22. The Morgan fingerprint density at radius 1 is 1.53 bits per heavy atom. The number of nitrogens with one attached hydrogen (secondary N) is 1. The Morgan fingerprint density at radius 2 is 2.29 bits per heavy atom. The Morgan fingerprint density at radius 3 is 2.94 bits per heavy atom. The molecule has 0 radical (unpaired) electrons. The minimum Gasteiger partial charge on any atom is -0.368 e. The van der Waals surface area contributed by atoms with Crippen LogP contribution in [-0.4, -0.2) is 25.7 Å². The maximum atomic E-state index is 13.2. The first-order valence-corrected chi connectivity index (χ1v) is 5.38. The van der Waals surface area contributed by atoms with Crippen LogP contribution in [0, 0.1) is 17.1 Å². The van der Waals surface area contributed by atoms with Gasteiger partial charge < -0.3 is 10.2 Å². The Kier molecular flexibility index (Phi) is 4.73. The summed E-state index contributed by atoms with van der Waals surface area (Å²) in [6.45, 7) is 4.56. The molecule has 0 saturated carbocycles. The molecule has 1 heterocycles. The van der Waals surface area contributed by atoms with E-state index in [1.54, 1.807) is 0 Å². The Balaban J connectivity index is 0.00000144. The van der Waals surface area contributed by atoms with Crippen molar-refractivity contribution in [1.29, 1.82) is 5.26 Å². The number of anilines is 1. The quantitative estimate of drug-likeness (QED) is 0.833. The number of nitriles is 1. The molecule has 1 fully saturated rings. The zero-order valence-corrected chi connectivity index (χ0v) is 10.4. The van der Waals surface area contributed by atoms with Crippen LogP contribution < -0.4 is 10.2 Å². The van der Waals surface area contributed by atoms with Gasteiger partial charge in [0.25, 0.3) is 0 Å². The van der Waals surface area contributed by atoms with Crippen LogP contribution in [0.4, 0.5) is 10.1 Å². The molecule has 0 amide bonds. The molecule has 3 nitrogen and oxygen atoms in total. The van der Waals surface area contributed by atoms with Crippen molar-refractivity contribution in [2.75, 3.05) is 24.5 Å². The number of nitrogens with zero attached hydrogens (tertiary/aromatic N) is 2. The normalized spacial score (nSPS) is 19.4. The van der Waals surface area contributed by atoms with Gasteiger partial charge in [-0.25, -0.2) is 4.39 Å². The molecule has 1 aliphatic heterocycles. The van der Waals surface area contributed by atoms with Crippen molar-refractivity contribution in [2.45, 2.75) is 13.0 Å². The third-order valence-corrected chi connectivity index (χ3v) is 2.79. The van der Waals surface area contributed by atoms with E-state index in [1.807, 2.05) is 0 Å². The van der Waals surface area contributed by atoms with Crippen LogP contribution in [0.3, 0.4) is 0 Å². The third-order valence-electron chi connectivity index (χ3n) is 2.79. The number of hydrogen-bond acceptors (Lipinski definition) is 3. The molecule has 5 heteroatoms. The van der Waals surface area contributed by atoms with Crippen LogP contribution >= 0.6 is 12.4 Å². The fraction of sp³-hybridized carbons (Fsp3) is 0.417. The van der Waals surface area contributed by atoms with Crippen molar-refractivity contribution < 1.29 is 4.39 Å². The van der Waals surface area contributed by atoms with Gasteiger partial charge in [0.2, 0.25) is 0 Å². The van der Waals surface area contributed by atoms with Gasteiger partial charge in [-0.2, -0.15) is 5.26 Å². The molecule has 1 aliphatic rings. The summed E-state index contributed by atoms with van der Waals surface area (Å²) in [7, 11) is 0. The maximum absolute atomic E-state index is 13.2. The summed E-state index contributed by atoms with van der Waals surface area (Å²) in [6.07, 6.45) is 0. The molecule has 1 saturated heterocycles. The minimum atomic E-state index is -0.291. The molecule has 17 heavy (non-hydrogen) atoms. The van der Waals surface area contributed by atoms with Crippen LogP contribution in [0.1, 0.15) is 12.5 Å². The van der Waals surface area contributed by atoms with Gasteiger partial charge in [0, 0.05) is 25.7 Å². The molecule has 0 aromatic heterocycles. The van der Waals surface area contributed by atoms with Crippen LogP contribution in [-0.2, 0) is 0 Å². The van der Waals surface area contributed by atoms with Gasteiger partial charge in [0.05, 0.1) is 11.3 Å². The van der Waals surface area contributed by atoms with E-state index in [1.165, 1.54) is 18.2 Å². The summed E-state index contributed by atoms with van der Waals surface area (Å²) in [6, 6.07) is 6.78. The smallest absolute Gasteiger partial charge is 0.125 e. The van der Waals surface area contributed by atoms with Crippen LogP contribution in [0.5, 0.6) is 0 Å². The fourth-order valence-electron chi connectivity index (χ4n) is 2.01. The summed E-state index contributed by atoms with van der Waals surface area (Å²) in [5, 5.41) is 12.3. The highest BCUT2D eigenvalue weighted by molar-refractivity contribution is 5.85. The lowest BCUT2D eigenvalue weighted by atomic mass is 10.1. The molecule has 0 spiro atoms. The number of benzene rings is 1. The van der Waals surface area contributed by atoms with Crippen molar-refractivity contribution in [3.63, 3.8) is 0 Å². The second-order valence-corrected chi connectivity index (χ2v) is 4.07. The summed E-state index contributed by atoms with van der Waals surface area (Å²) in [5.74, 6) is -0.291. The molecule has 1 aromatic rings. The summed E-state index contributed by atoms with van der Waals surface area (Å²) in [4.78, 5) is 2.06. The Hall–Kier alpha value is -1.31. The standard InChI is InChI=1S/C12H14FN3.ClH/c1-9-8-16(5-4-15-9)12-6-11(13)3-2-10(12)7-14;/h2-3,6,9,15H,4-5,8H2,1H3;1H/t9-;/m0./s1. The first-order valence-electron chi connectivity index (χ1n) is 5.38. The average molecular weight is 256 g/mol. The largest absolute Gasteiger partial charge is 0.368 e. The first kappa shape index (κ1) is 13.8. The maximum Gasteiger partial charge on any atom is 0.125 e. The molecular formula is C12H15ClFN3. The molecule has 0 bridgehead atoms. The molecule has 2 rings (SSSR count). The van der Waals surface area contributed by atoms with E-state index < -0.39 is 0 Å². The predicted octanol–water partition coefficient (Wildman–Crippen LogP) is 1.92. The lowest BCUT2D eigenvalue weighted by molar-refractivity contribution is 0.484. The summed E-state index contributed by atoms with van der Waals surface area (Å²) < 4.78 is 13.2. The summed E-state index contributed by atoms with van der Waals surface area (Å²) in [5.41, 5.74) is 1.24. The molecule has 0 unspecified atom stereocenters. The van der Waals surface area contributed by atoms with Gasteiger partial charge in [0.15, 0.2) is 0 Å². The molecule has 92 valence electrons. The van der Waals surface area contributed by atoms with Gasteiger partial charge >= 0.3 is 0 Å². The lowest BCUT2D eigenvalue weighted by Crippen LogP contribution is -2.49. The zero-order chi connectivity index (χ0) is 11.5. The predicted molar refractivity (Wildman–Crippen MR) is 68.0 cm³/mol. The number of hydrogen-bond donors (Lipinski definition) is 1. The topological polar surface area (TPSA) is 39.1 Å². The van der Waals surface area contributed by atoms with E-state index in [0.717, 1.165) is 19.6 Å². The van der Waals surface area contributed by atoms with E-state index in [0.29, 0.717) is 17.3 Å². The second-order valence-electron chi connectivity index (χ2n) is 4.07. The van der Waals surface area contributed by atoms with Crippen molar-refractivity contribution in [2.24, 2.45) is 0 Å². The minimum absolute atomic E-state index is 0. The fourth-order valence-corrected chi connectivity index (χ4v) is 2.01. The summed E-state index contributed by atoms with van der Waals surface area (Å²) >= 11 is 0. The van der Waals surface area contributed by atoms with E-state index in [4.69, 9.17) is 5.26 Å². The second kappa shape index (κ2) is 5.85. The van der Waals surface area contributed by atoms with Gasteiger partial charge in [-0.05, 0) is 25.1 Å². The monoisotopic (exact) mass is 255 g/mol. The molecule has 1 aromatic carbocycles. The Bertz CT molecular complexity index is 430. The van der Waals surface area contributed by atoms with Crippen LogP contribution in [0.15, 0.2) is 18.2 Å². The first-order chi connectivity index (χ1) is 7.70. The van der Waals surface area contributed by atoms with E-state index in [-0.39, 0.29) is 18.2 Å². The van der Waals surface area contributed by atoms with Crippen molar-refractivity contribution in [3.05, 3.63) is 29.6 Å². The van der Waals surface area contributed by atoms with Gasteiger partial charge in [-0.3, -0.25) is 0 Å². The SMILES string of the molecule is C[C@H]1CN(c2cc(F)ccc2C#N)CCN1.Cl. The van der Waals surface area contributed by atoms with Gasteiger partial charge in [0.1, 0.15) is 11.9 Å². The highest BCUT2D eigenvalue weighted by atomic mass is 35.5. The lowest BCUT2D eigenvalue weighted by Gasteiger charge is -2.34. The molecule has 0 aliphatic carbocycles. The zero-order valence-electron chi connectivity index (χ0n) is 9.61. The number of rotatable bonds is 1. The molecule has 1 atom stereocenters. The van der Waals surface area contributed by atoms with Crippen molar-refractivity contribution in [3.8, 4) is 6.07 Å². The van der Waals surface area contributed by atoms with Crippen molar-refractivity contribution >= 4 is 18.1 Å². The molecular weight excluding hydrogens is 241 g/mol. The number of piperazine rings is 1. The van der Waals surface area contributed by atoms with E-state index >= 15 is 0 Å². The van der Waals surface area contributed by atoms with Crippen LogP contribution in [0.2, 0.25) is 0 Å². The van der Waals surface area contributed by atoms with Gasteiger partial charge in [-0.15, -0.1) is 12.4 Å².